The fourth-order valence-corrected chi connectivity index (χ4v) is 10.1. The maximum atomic E-state index is 7.32. The molecule has 0 N–H and O–H groups in total. The average Bonchev–Trinajstić information content (AvgIpc) is 3.84. The molecule has 5 heteroatoms. The molecule has 0 spiro atoms. The molecule has 0 aliphatic heterocycles. The molecule has 57 heavy (non-hydrogen) atoms. The van der Waals surface area contributed by atoms with Gasteiger partial charge in [0.25, 0.3) is 0 Å². The van der Waals surface area contributed by atoms with Gasteiger partial charge in [-0.25, -0.2) is 0 Å². The molecule has 7 aromatic carbocycles. The number of hydrogen-bond donors (Lipinski definition) is 0. The Hall–Kier alpha value is -6.66. The predicted octanol–water partition coefficient (Wildman–Crippen LogP) is 15.9. The number of ether oxygens (including phenoxy) is 1. The third-order valence-electron chi connectivity index (χ3n) is 10.5. The molecular formula is C52H38N2OS2. The van der Waals surface area contributed by atoms with E-state index < -0.39 is 0 Å². The van der Waals surface area contributed by atoms with Crippen molar-refractivity contribution in [3.8, 4) is 21.9 Å². The highest BCUT2D eigenvalue weighted by molar-refractivity contribution is 7.23. The molecule has 0 amide bonds. The van der Waals surface area contributed by atoms with Crippen molar-refractivity contribution in [2.24, 2.45) is 0 Å². The van der Waals surface area contributed by atoms with E-state index in [0.717, 1.165) is 74.0 Å². The number of thiophene rings is 2. The molecule has 2 aromatic heterocycles. The van der Waals surface area contributed by atoms with Gasteiger partial charge >= 0.3 is 0 Å². The first-order chi connectivity index (χ1) is 28.3. The summed E-state index contributed by atoms with van der Waals surface area (Å²) >= 11 is 3.61. The molecule has 2 heterocycles. The number of para-hydroxylation sites is 4. The first-order valence-electron chi connectivity index (χ1n) is 19.3. The molecule has 1 aliphatic carbocycles. The molecule has 1 aliphatic rings. The van der Waals surface area contributed by atoms with Gasteiger partial charge in [0, 0.05) is 54.3 Å². The molecule has 9 aromatic rings. The van der Waals surface area contributed by atoms with Crippen LogP contribution < -0.4 is 14.5 Å². The highest BCUT2D eigenvalue weighted by Gasteiger charge is 2.25. The Balaban J connectivity index is 1.04. The van der Waals surface area contributed by atoms with Crippen LogP contribution in [0.2, 0.25) is 0 Å². The van der Waals surface area contributed by atoms with E-state index in [0.29, 0.717) is 0 Å². The molecule has 10 rings (SSSR count). The van der Waals surface area contributed by atoms with Crippen molar-refractivity contribution < 1.29 is 4.74 Å². The van der Waals surface area contributed by atoms with Crippen molar-refractivity contribution in [1.29, 1.82) is 0 Å². The Morgan fingerprint density at radius 1 is 0.368 bits per heavy atom. The number of rotatable bonds is 10. The van der Waals surface area contributed by atoms with E-state index in [9.17, 15) is 0 Å². The summed E-state index contributed by atoms with van der Waals surface area (Å²) in [6, 6.07) is 68.6. The van der Waals surface area contributed by atoms with Crippen molar-refractivity contribution >= 4 is 76.9 Å². The minimum absolute atomic E-state index is 0.906. The Bertz CT molecular complexity index is 2780. The Morgan fingerprint density at radius 2 is 0.789 bits per heavy atom. The summed E-state index contributed by atoms with van der Waals surface area (Å²) in [4.78, 5) is 6.99. The number of allylic oxidation sites excluding steroid dienone is 4. The summed E-state index contributed by atoms with van der Waals surface area (Å²) in [5.74, 6) is 1.84. The summed E-state index contributed by atoms with van der Waals surface area (Å²) in [6.45, 7) is 0. The third-order valence-corrected chi connectivity index (χ3v) is 12.9. The number of hydrogen-bond acceptors (Lipinski definition) is 5. The molecule has 0 bridgehead atoms. The lowest BCUT2D eigenvalue weighted by Crippen LogP contribution is -2.17. The summed E-state index contributed by atoms with van der Waals surface area (Å²) in [6.07, 6.45) is 6.43. The lowest BCUT2D eigenvalue weighted by molar-refractivity contribution is 0.498. The minimum atomic E-state index is 0.906. The molecule has 0 unspecified atom stereocenters. The summed E-state index contributed by atoms with van der Waals surface area (Å²) < 4.78 is 9.75. The van der Waals surface area contributed by atoms with Gasteiger partial charge < -0.3 is 14.5 Å². The molecule has 0 fully saturated rings. The minimum Gasteiger partial charge on any atom is -0.453 e. The van der Waals surface area contributed by atoms with Gasteiger partial charge in [-0.05, 0) is 115 Å². The molecule has 0 saturated carbocycles. The van der Waals surface area contributed by atoms with Crippen molar-refractivity contribution in [3.05, 3.63) is 217 Å². The second-order valence-electron chi connectivity index (χ2n) is 14.0. The number of fused-ring (bicyclic) bond motifs is 2. The van der Waals surface area contributed by atoms with Crippen molar-refractivity contribution in [3.63, 3.8) is 0 Å². The van der Waals surface area contributed by atoms with Gasteiger partial charge in [-0.1, -0.05) is 115 Å². The lowest BCUT2D eigenvalue weighted by atomic mass is 9.98. The van der Waals surface area contributed by atoms with Gasteiger partial charge in [-0.15, -0.1) is 22.7 Å². The van der Waals surface area contributed by atoms with Gasteiger partial charge in [0.05, 0.1) is 9.75 Å². The van der Waals surface area contributed by atoms with Gasteiger partial charge in [0.2, 0.25) is 0 Å². The smallest absolute Gasteiger partial charge is 0.153 e. The highest BCUT2D eigenvalue weighted by atomic mass is 32.1. The van der Waals surface area contributed by atoms with E-state index in [1.165, 1.54) is 25.5 Å². The second kappa shape index (κ2) is 15.5. The fourth-order valence-electron chi connectivity index (χ4n) is 7.75. The fraction of sp³-hybridized carbons (Fsp3) is 0.0385. The predicted molar refractivity (Wildman–Crippen MR) is 244 cm³/mol. The quantitative estimate of drug-likeness (QED) is 0.138. The van der Waals surface area contributed by atoms with Crippen molar-refractivity contribution in [2.75, 3.05) is 9.80 Å². The van der Waals surface area contributed by atoms with Gasteiger partial charge in [0.1, 0.15) is 0 Å². The van der Waals surface area contributed by atoms with E-state index in [1.807, 2.05) is 11.3 Å². The number of nitrogens with zero attached hydrogens (tertiary/aromatic N) is 2. The van der Waals surface area contributed by atoms with Crippen LogP contribution in [0, 0.1) is 0 Å². The van der Waals surface area contributed by atoms with Crippen LogP contribution in [0.3, 0.4) is 0 Å². The van der Waals surface area contributed by atoms with E-state index in [4.69, 9.17) is 4.74 Å². The zero-order valence-corrected chi connectivity index (χ0v) is 32.8. The zero-order valence-electron chi connectivity index (χ0n) is 31.2. The van der Waals surface area contributed by atoms with E-state index in [-0.39, 0.29) is 0 Å². The van der Waals surface area contributed by atoms with Crippen LogP contribution in [0.15, 0.2) is 212 Å². The van der Waals surface area contributed by atoms with Gasteiger partial charge in [-0.2, -0.15) is 0 Å². The van der Waals surface area contributed by atoms with E-state index >= 15 is 0 Å². The molecule has 274 valence electrons. The Kier molecular flexibility index (Phi) is 9.44. The second-order valence-corrected chi connectivity index (χ2v) is 16.1. The highest BCUT2D eigenvalue weighted by Crippen LogP contribution is 2.52. The van der Waals surface area contributed by atoms with Crippen LogP contribution in [0.1, 0.15) is 17.7 Å². The lowest BCUT2D eigenvalue weighted by Gasteiger charge is -2.29. The maximum Gasteiger partial charge on any atom is 0.153 e. The molecule has 3 nitrogen and oxygen atoms in total. The van der Waals surface area contributed by atoms with E-state index in [1.54, 1.807) is 11.3 Å². The van der Waals surface area contributed by atoms with Crippen LogP contribution in [0.5, 0.6) is 11.5 Å². The Labute approximate surface area is 341 Å². The van der Waals surface area contributed by atoms with Crippen molar-refractivity contribution in [2.45, 2.75) is 12.8 Å². The summed E-state index contributed by atoms with van der Waals surface area (Å²) in [5, 5.41) is 2.26. The van der Waals surface area contributed by atoms with Gasteiger partial charge in [0.15, 0.2) is 11.5 Å². The van der Waals surface area contributed by atoms with Crippen LogP contribution in [-0.2, 0) is 0 Å². The third kappa shape index (κ3) is 6.82. The Morgan fingerprint density at radius 3 is 1.28 bits per heavy atom. The largest absolute Gasteiger partial charge is 0.453 e. The molecule has 0 radical (unpaired) electrons. The van der Waals surface area contributed by atoms with Crippen LogP contribution in [0.4, 0.5) is 28.4 Å². The normalized spacial score (nSPS) is 12.6. The first kappa shape index (κ1) is 34.8. The maximum absolute atomic E-state index is 7.32. The number of anilines is 5. The summed E-state index contributed by atoms with van der Waals surface area (Å²) in [5.41, 5.74) is 9.35. The molecule has 0 saturated heterocycles. The molecular weight excluding hydrogens is 733 g/mol. The zero-order chi connectivity index (χ0) is 38.0. The van der Waals surface area contributed by atoms with Crippen LogP contribution in [-0.4, -0.2) is 0 Å². The molecule has 0 atom stereocenters. The first-order valence-corrected chi connectivity index (χ1v) is 20.9. The summed E-state index contributed by atoms with van der Waals surface area (Å²) in [7, 11) is 0. The van der Waals surface area contributed by atoms with E-state index in [2.05, 4.69) is 216 Å². The number of benzene rings is 7. The SMILES string of the molecule is C1=C(c2sc3ccccc3c2Oc2c(-c3ccc(N(c4ccccc4)c4ccccc4)cc3)sc3ccccc23)CCC(N(c2ccccc2)c2ccccc2)=C1. The average molecular weight is 771 g/mol. The standard InChI is InChI=1S/C52H38N2OS2/c1-5-17-39(18-6-1)53(40-19-7-2-8-20-40)43-33-29-37(30-34-43)51-49(45-25-13-15-27-47(45)56-51)55-50-46-26-14-16-28-48(46)57-52(50)38-31-35-44(36-32-38)54(41-21-9-3-10-22-41)42-23-11-4-12-24-42/h1-31,33-35H,32,36H2. The van der Waals surface area contributed by atoms with Gasteiger partial charge in [-0.3, -0.25) is 0 Å². The van der Waals surface area contributed by atoms with Crippen LogP contribution in [0.25, 0.3) is 36.2 Å². The monoisotopic (exact) mass is 770 g/mol. The topological polar surface area (TPSA) is 15.7 Å². The van der Waals surface area contributed by atoms with Crippen molar-refractivity contribution in [1.82, 2.24) is 0 Å². The van der Waals surface area contributed by atoms with Crippen LogP contribution >= 0.6 is 22.7 Å².